The zero-order valence-corrected chi connectivity index (χ0v) is 15.9. The van der Waals surface area contributed by atoms with E-state index in [2.05, 4.69) is 5.32 Å². The van der Waals surface area contributed by atoms with Crippen molar-refractivity contribution in [1.29, 1.82) is 0 Å². The van der Waals surface area contributed by atoms with E-state index in [1.807, 2.05) is 30.3 Å². The lowest BCUT2D eigenvalue weighted by Gasteiger charge is -2.13. The molecule has 0 unspecified atom stereocenters. The predicted molar refractivity (Wildman–Crippen MR) is 106 cm³/mol. The van der Waals surface area contributed by atoms with Crippen molar-refractivity contribution in [1.82, 2.24) is 4.90 Å². The molecule has 1 aliphatic heterocycles. The van der Waals surface area contributed by atoms with Crippen molar-refractivity contribution in [3.05, 3.63) is 60.2 Å². The Morgan fingerprint density at radius 2 is 1.82 bits per heavy atom. The Hall–Kier alpha value is -3.00. The molecule has 0 radical (unpaired) electrons. The van der Waals surface area contributed by atoms with Crippen LogP contribution in [0.5, 0.6) is 5.75 Å². The van der Waals surface area contributed by atoms with Crippen molar-refractivity contribution in [2.24, 2.45) is 0 Å². The van der Waals surface area contributed by atoms with Gasteiger partial charge in [-0.05, 0) is 29.8 Å². The van der Waals surface area contributed by atoms with Gasteiger partial charge in [-0.3, -0.25) is 14.4 Å². The van der Waals surface area contributed by atoms with Gasteiger partial charge in [-0.15, -0.1) is 0 Å². The minimum Gasteiger partial charge on any atom is -0.489 e. The first-order valence-corrected chi connectivity index (χ1v) is 9.73. The Labute approximate surface area is 167 Å². The number of hydrogen-bond donors (Lipinski definition) is 1. The van der Waals surface area contributed by atoms with E-state index in [4.69, 9.17) is 9.47 Å². The van der Waals surface area contributed by atoms with Gasteiger partial charge in [-0.1, -0.05) is 42.1 Å². The summed E-state index contributed by atoms with van der Waals surface area (Å²) in [5, 5.41) is 2.50. The number of carbonyl (C=O) groups is 3. The van der Waals surface area contributed by atoms with Gasteiger partial charge in [-0.2, -0.15) is 0 Å². The molecular weight excluding hydrogens is 380 g/mol. The van der Waals surface area contributed by atoms with Gasteiger partial charge in [-0.25, -0.2) is 0 Å². The monoisotopic (exact) mass is 400 g/mol. The van der Waals surface area contributed by atoms with Gasteiger partial charge in [0, 0.05) is 18.0 Å². The average Bonchev–Trinajstić information content (AvgIpc) is 3.11. The summed E-state index contributed by atoms with van der Waals surface area (Å²) in [5.41, 5.74) is 1.63. The third kappa shape index (κ3) is 6.02. The van der Waals surface area contributed by atoms with Crippen LogP contribution in [-0.4, -0.2) is 47.5 Å². The molecule has 0 spiro atoms. The van der Waals surface area contributed by atoms with Crippen molar-refractivity contribution >= 4 is 34.6 Å². The lowest BCUT2D eigenvalue weighted by molar-refractivity contribution is -0.147. The summed E-state index contributed by atoms with van der Waals surface area (Å²) in [5.74, 6) is 0.294. The lowest BCUT2D eigenvalue weighted by Crippen LogP contribution is -2.32. The molecule has 1 saturated heterocycles. The van der Waals surface area contributed by atoms with Crippen LogP contribution in [0.15, 0.2) is 54.6 Å². The Morgan fingerprint density at radius 3 is 2.50 bits per heavy atom. The lowest BCUT2D eigenvalue weighted by atomic mass is 10.2. The number of rotatable bonds is 8. The first-order valence-electron chi connectivity index (χ1n) is 8.74. The minimum atomic E-state index is -0.601. The Balaban J connectivity index is 1.39. The highest BCUT2D eigenvalue weighted by atomic mass is 32.2. The molecule has 1 N–H and O–H groups in total. The molecule has 1 aliphatic rings. The van der Waals surface area contributed by atoms with Crippen LogP contribution in [-0.2, 0) is 20.9 Å². The summed E-state index contributed by atoms with van der Waals surface area (Å²) in [4.78, 5) is 36.5. The van der Waals surface area contributed by atoms with Crippen LogP contribution in [0.1, 0.15) is 5.56 Å². The summed E-state index contributed by atoms with van der Waals surface area (Å²) >= 11 is 1.17. The number of amides is 2. The van der Waals surface area contributed by atoms with Crippen molar-refractivity contribution in [3.63, 3.8) is 0 Å². The molecule has 0 aliphatic carbocycles. The Kier molecular flexibility index (Phi) is 6.91. The van der Waals surface area contributed by atoms with Crippen LogP contribution < -0.4 is 10.1 Å². The van der Waals surface area contributed by atoms with E-state index in [0.717, 1.165) is 5.56 Å². The quantitative estimate of drug-likeness (QED) is 0.686. The van der Waals surface area contributed by atoms with Crippen LogP contribution in [0, 0.1) is 0 Å². The molecule has 28 heavy (non-hydrogen) atoms. The topological polar surface area (TPSA) is 84.9 Å². The molecule has 8 heteroatoms. The van der Waals surface area contributed by atoms with Crippen LogP contribution in [0.3, 0.4) is 0 Å². The fourth-order valence-electron chi connectivity index (χ4n) is 2.49. The Bertz CT molecular complexity index is 826. The second-order valence-corrected chi connectivity index (χ2v) is 7.09. The van der Waals surface area contributed by atoms with Crippen LogP contribution in [0.25, 0.3) is 0 Å². The van der Waals surface area contributed by atoms with Gasteiger partial charge < -0.3 is 19.7 Å². The SMILES string of the molecule is O=C(COC(=O)CN1CCSC1=O)Nc1ccc(OCc2ccccc2)cc1. The molecule has 2 aromatic rings. The zero-order valence-electron chi connectivity index (χ0n) is 15.1. The van der Waals surface area contributed by atoms with E-state index in [0.29, 0.717) is 30.3 Å². The molecule has 0 bridgehead atoms. The molecule has 2 aromatic carbocycles. The number of esters is 1. The van der Waals surface area contributed by atoms with Crippen LogP contribution in [0.4, 0.5) is 10.5 Å². The van der Waals surface area contributed by atoms with Gasteiger partial charge in [0.05, 0.1) is 0 Å². The maximum Gasteiger partial charge on any atom is 0.326 e. The first kappa shape index (κ1) is 19.8. The van der Waals surface area contributed by atoms with Crippen molar-refractivity contribution in [3.8, 4) is 5.75 Å². The molecule has 0 saturated carbocycles. The summed E-state index contributed by atoms with van der Waals surface area (Å²) in [6.07, 6.45) is 0. The number of nitrogens with zero attached hydrogens (tertiary/aromatic N) is 1. The van der Waals surface area contributed by atoms with Gasteiger partial charge >= 0.3 is 5.97 Å². The van der Waals surface area contributed by atoms with Gasteiger partial charge in [0.2, 0.25) is 0 Å². The van der Waals surface area contributed by atoms with Crippen molar-refractivity contribution in [2.75, 3.05) is 30.8 Å². The van der Waals surface area contributed by atoms with E-state index in [1.165, 1.54) is 16.7 Å². The molecule has 1 fully saturated rings. The zero-order chi connectivity index (χ0) is 19.8. The summed E-state index contributed by atoms with van der Waals surface area (Å²) < 4.78 is 10.6. The number of hydrogen-bond acceptors (Lipinski definition) is 6. The van der Waals surface area contributed by atoms with E-state index in [-0.39, 0.29) is 11.8 Å². The highest BCUT2D eigenvalue weighted by Gasteiger charge is 2.24. The third-order valence-electron chi connectivity index (χ3n) is 3.92. The number of thioether (sulfide) groups is 1. The van der Waals surface area contributed by atoms with Crippen LogP contribution >= 0.6 is 11.8 Å². The van der Waals surface area contributed by atoms with Gasteiger partial charge in [0.25, 0.3) is 11.1 Å². The molecule has 3 rings (SSSR count). The van der Waals surface area contributed by atoms with Gasteiger partial charge in [0.15, 0.2) is 6.61 Å². The predicted octanol–water partition coefficient (Wildman–Crippen LogP) is 2.92. The molecule has 1 heterocycles. The second kappa shape index (κ2) is 9.80. The highest BCUT2D eigenvalue weighted by Crippen LogP contribution is 2.18. The van der Waals surface area contributed by atoms with Crippen molar-refractivity contribution < 1.29 is 23.9 Å². The normalized spacial score (nSPS) is 13.3. The van der Waals surface area contributed by atoms with Gasteiger partial charge in [0.1, 0.15) is 18.9 Å². The number of nitrogens with one attached hydrogen (secondary N) is 1. The molecule has 0 atom stereocenters. The number of benzene rings is 2. The molecule has 7 nitrogen and oxygen atoms in total. The largest absolute Gasteiger partial charge is 0.489 e. The minimum absolute atomic E-state index is 0.132. The molecule has 146 valence electrons. The third-order valence-corrected chi connectivity index (χ3v) is 4.81. The smallest absolute Gasteiger partial charge is 0.326 e. The van der Waals surface area contributed by atoms with E-state index >= 15 is 0 Å². The van der Waals surface area contributed by atoms with Crippen LogP contribution in [0.2, 0.25) is 0 Å². The number of carbonyl (C=O) groups excluding carboxylic acids is 3. The average molecular weight is 400 g/mol. The van der Waals surface area contributed by atoms with E-state index < -0.39 is 18.5 Å². The summed E-state index contributed by atoms with van der Waals surface area (Å²) in [6, 6.07) is 16.7. The van der Waals surface area contributed by atoms with E-state index in [9.17, 15) is 14.4 Å². The van der Waals surface area contributed by atoms with Crippen molar-refractivity contribution in [2.45, 2.75) is 6.61 Å². The number of ether oxygens (including phenoxy) is 2. The summed E-state index contributed by atoms with van der Waals surface area (Å²) in [6.45, 7) is 0.441. The standard InChI is InChI=1S/C20H20N2O5S/c23-18(14-27-19(24)12-22-10-11-28-20(22)25)21-16-6-8-17(9-7-16)26-13-15-4-2-1-3-5-15/h1-9H,10-14H2,(H,21,23). The maximum atomic E-state index is 11.9. The molecule has 0 aromatic heterocycles. The Morgan fingerprint density at radius 1 is 1.07 bits per heavy atom. The fourth-order valence-corrected chi connectivity index (χ4v) is 3.31. The fraction of sp³-hybridized carbons (Fsp3) is 0.250. The molecule has 2 amide bonds. The summed E-state index contributed by atoms with van der Waals surface area (Å²) in [7, 11) is 0. The van der Waals surface area contributed by atoms with E-state index in [1.54, 1.807) is 24.3 Å². The maximum absolute atomic E-state index is 11.9. The second-order valence-electron chi connectivity index (χ2n) is 6.04. The highest BCUT2D eigenvalue weighted by molar-refractivity contribution is 8.13. The number of anilines is 1. The molecular formula is C20H20N2O5S. The first-order chi connectivity index (χ1) is 13.6.